The topological polar surface area (TPSA) is 30.5 Å². The van der Waals surface area contributed by atoms with Crippen molar-refractivity contribution in [3.8, 4) is 11.5 Å². The summed E-state index contributed by atoms with van der Waals surface area (Å²) in [5.41, 5.74) is 1.37. The number of hydrogen-bond acceptors (Lipinski definition) is 3. The number of halogens is 3. The van der Waals surface area contributed by atoms with E-state index < -0.39 is 5.82 Å². The van der Waals surface area contributed by atoms with E-state index in [9.17, 15) is 4.39 Å². The zero-order valence-electron chi connectivity index (χ0n) is 13.8. The fourth-order valence-electron chi connectivity index (χ4n) is 2.12. The highest BCUT2D eigenvalue weighted by molar-refractivity contribution is 9.10. The number of benzene rings is 2. The van der Waals surface area contributed by atoms with E-state index >= 15 is 0 Å². The molecule has 0 spiro atoms. The molecule has 0 saturated carbocycles. The molecule has 0 fully saturated rings. The van der Waals surface area contributed by atoms with E-state index in [1.54, 1.807) is 19.2 Å². The zero-order valence-corrected chi connectivity index (χ0v) is 16.2. The molecule has 2 aromatic rings. The summed E-state index contributed by atoms with van der Waals surface area (Å²) in [5, 5.41) is 3.69. The minimum Gasteiger partial charge on any atom is -0.493 e. The van der Waals surface area contributed by atoms with Gasteiger partial charge in [0.2, 0.25) is 0 Å². The maximum atomic E-state index is 13.8. The Hall–Kier alpha value is -1.30. The molecule has 0 radical (unpaired) electrons. The van der Waals surface area contributed by atoms with Crippen LogP contribution in [0.2, 0.25) is 5.02 Å². The van der Waals surface area contributed by atoms with Crippen LogP contribution in [0, 0.1) is 5.82 Å². The highest BCUT2D eigenvalue weighted by Gasteiger charge is 2.13. The van der Waals surface area contributed by atoms with Crippen LogP contribution in [0.25, 0.3) is 0 Å². The van der Waals surface area contributed by atoms with Crippen LogP contribution in [0.4, 0.5) is 4.39 Å². The number of rotatable bonds is 7. The molecule has 0 aromatic heterocycles. The van der Waals surface area contributed by atoms with Crippen molar-refractivity contribution in [1.29, 1.82) is 0 Å². The molecule has 0 bridgehead atoms. The Kier molecular flexibility index (Phi) is 6.90. The average molecular weight is 417 g/mol. The van der Waals surface area contributed by atoms with Crippen LogP contribution in [0.15, 0.2) is 34.8 Å². The molecule has 3 nitrogen and oxygen atoms in total. The molecule has 2 aromatic carbocycles. The van der Waals surface area contributed by atoms with Gasteiger partial charge in [-0.3, -0.25) is 0 Å². The molecule has 0 amide bonds. The third-order valence-corrected chi connectivity index (χ3v) is 4.56. The summed E-state index contributed by atoms with van der Waals surface area (Å²) >= 11 is 9.57. The first-order valence-corrected chi connectivity index (χ1v) is 8.75. The second-order valence-electron chi connectivity index (χ2n) is 5.62. The number of hydrogen-bond donors (Lipinski definition) is 1. The molecule has 0 atom stereocenters. The van der Waals surface area contributed by atoms with E-state index in [0.717, 1.165) is 10.0 Å². The Balaban J connectivity index is 2.19. The Bertz CT molecular complexity index is 689. The van der Waals surface area contributed by atoms with Crippen LogP contribution in [0.5, 0.6) is 11.5 Å². The summed E-state index contributed by atoms with van der Waals surface area (Å²) in [7, 11) is 1.58. The summed E-state index contributed by atoms with van der Waals surface area (Å²) in [4.78, 5) is 0. The fraction of sp³-hybridized carbons (Fsp3) is 0.333. The van der Waals surface area contributed by atoms with E-state index in [2.05, 4.69) is 35.1 Å². The van der Waals surface area contributed by atoms with Crippen molar-refractivity contribution in [2.45, 2.75) is 33.0 Å². The minimum absolute atomic E-state index is 0.0257. The predicted octanol–water partition coefficient (Wildman–Crippen LogP) is 5.33. The van der Waals surface area contributed by atoms with Crippen LogP contribution in [-0.2, 0) is 13.2 Å². The summed E-state index contributed by atoms with van der Waals surface area (Å²) in [6.07, 6.45) is 0. The molecule has 0 unspecified atom stereocenters. The molecule has 130 valence electrons. The van der Waals surface area contributed by atoms with E-state index in [-0.39, 0.29) is 6.61 Å². The van der Waals surface area contributed by atoms with E-state index in [1.165, 1.54) is 6.07 Å². The van der Waals surface area contributed by atoms with Crippen molar-refractivity contribution < 1.29 is 13.9 Å². The molecule has 24 heavy (non-hydrogen) atoms. The molecule has 0 aliphatic carbocycles. The number of nitrogens with one attached hydrogen (secondary N) is 1. The molecular formula is C18H20BrClFNO2. The first-order chi connectivity index (χ1) is 11.4. The Morgan fingerprint density at radius 1 is 1.25 bits per heavy atom. The number of ether oxygens (including phenoxy) is 2. The van der Waals surface area contributed by atoms with Gasteiger partial charge >= 0.3 is 0 Å². The lowest BCUT2D eigenvalue weighted by Gasteiger charge is -2.16. The highest BCUT2D eigenvalue weighted by Crippen LogP contribution is 2.34. The minimum atomic E-state index is -0.390. The summed E-state index contributed by atoms with van der Waals surface area (Å²) in [5.74, 6) is 0.724. The highest BCUT2D eigenvalue weighted by atomic mass is 79.9. The second kappa shape index (κ2) is 8.70. The molecule has 2 rings (SSSR count). The van der Waals surface area contributed by atoms with E-state index in [1.807, 2.05) is 12.1 Å². The van der Waals surface area contributed by atoms with Gasteiger partial charge in [-0.15, -0.1) is 0 Å². The third kappa shape index (κ3) is 4.85. The van der Waals surface area contributed by atoms with Gasteiger partial charge in [-0.2, -0.15) is 0 Å². The SMILES string of the molecule is COc1cc(CNC(C)C)c(Br)cc1OCc1c(F)cccc1Cl. The normalized spacial score (nSPS) is 11.0. The summed E-state index contributed by atoms with van der Waals surface area (Å²) in [6.45, 7) is 4.90. The largest absolute Gasteiger partial charge is 0.493 e. The van der Waals surface area contributed by atoms with Crippen LogP contribution in [0.3, 0.4) is 0 Å². The number of methoxy groups -OCH3 is 1. The standard InChI is InChI=1S/C18H20BrClFNO2/c1-11(2)22-9-12-7-17(23-3)18(8-14(12)19)24-10-13-15(20)5-4-6-16(13)21/h4-8,11,22H,9-10H2,1-3H3. The van der Waals surface area contributed by atoms with Gasteiger partial charge in [-0.25, -0.2) is 4.39 Å². The summed E-state index contributed by atoms with van der Waals surface area (Å²) < 4.78 is 25.9. The van der Waals surface area contributed by atoms with Crippen LogP contribution in [-0.4, -0.2) is 13.2 Å². The van der Waals surface area contributed by atoms with Crippen molar-refractivity contribution in [2.24, 2.45) is 0 Å². The molecule has 6 heteroatoms. The third-order valence-electron chi connectivity index (χ3n) is 3.47. The lowest BCUT2D eigenvalue weighted by molar-refractivity contribution is 0.279. The first-order valence-electron chi connectivity index (χ1n) is 7.57. The van der Waals surface area contributed by atoms with Gasteiger partial charge in [0.1, 0.15) is 12.4 Å². The van der Waals surface area contributed by atoms with Gasteiger partial charge in [0, 0.05) is 22.6 Å². The van der Waals surface area contributed by atoms with Crippen LogP contribution >= 0.6 is 27.5 Å². The molecule has 0 aliphatic rings. The maximum Gasteiger partial charge on any atom is 0.162 e. The zero-order chi connectivity index (χ0) is 17.7. The first kappa shape index (κ1) is 19.0. The lowest BCUT2D eigenvalue weighted by atomic mass is 10.2. The van der Waals surface area contributed by atoms with Gasteiger partial charge < -0.3 is 14.8 Å². The Morgan fingerprint density at radius 2 is 2.00 bits per heavy atom. The monoisotopic (exact) mass is 415 g/mol. The van der Waals surface area contributed by atoms with Gasteiger partial charge in [-0.1, -0.05) is 47.4 Å². The molecule has 0 saturated heterocycles. The van der Waals surface area contributed by atoms with E-state index in [4.69, 9.17) is 21.1 Å². The Morgan fingerprint density at radius 3 is 2.62 bits per heavy atom. The second-order valence-corrected chi connectivity index (χ2v) is 6.88. The van der Waals surface area contributed by atoms with Crippen molar-refractivity contribution in [1.82, 2.24) is 5.32 Å². The quantitative estimate of drug-likeness (QED) is 0.662. The van der Waals surface area contributed by atoms with Gasteiger partial charge in [0.25, 0.3) is 0 Å². The van der Waals surface area contributed by atoms with Crippen LogP contribution in [0.1, 0.15) is 25.0 Å². The van der Waals surface area contributed by atoms with Crippen molar-refractivity contribution in [3.05, 3.63) is 56.8 Å². The molecule has 0 aliphatic heterocycles. The predicted molar refractivity (Wildman–Crippen MR) is 98.4 cm³/mol. The lowest BCUT2D eigenvalue weighted by Crippen LogP contribution is -2.22. The van der Waals surface area contributed by atoms with Crippen molar-refractivity contribution >= 4 is 27.5 Å². The average Bonchev–Trinajstić information content (AvgIpc) is 2.53. The smallest absolute Gasteiger partial charge is 0.162 e. The molecule has 0 heterocycles. The van der Waals surface area contributed by atoms with Crippen LogP contribution < -0.4 is 14.8 Å². The van der Waals surface area contributed by atoms with Gasteiger partial charge in [-0.05, 0) is 29.8 Å². The maximum absolute atomic E-state index is 13.8. The van der Waals surface area contributed by atoms with Crippen molar-refractivity contribution in [2.75, 3.05) is 7.11 Å². The van der Waals surface area contributed by atoms with Gasteiger partial charge in [0.15, 0.2) is 11.5 Å². The molecule has 1 N–H and O–H groups in total. The summed E-state index contributed by atoms with van der Waals surface area (Å²) in [6, 6.07) is 8.66. The van der Waals surface area contributed by atoms with Crippen molar-refractivity contribution in [3.63, 3.8) is 0 Å². The molecular weight excluding hydrogens is 397 g/mol. The van der Waals surface area contributed by atoms with Gasteiger partial charge in [0.05, 0.1) is 12.1 Å². The van der Waals surface area contributed by atoms with E-state index in [0.29, 0.717) is 34.7 Å². The fourth-order valence-corrected chi connectivity index (χ4v) is 2.80. The Labute approximate surface area is 155 Å².